The first kappa shape index (κ1) is 12.1. The van der Waals surface area contributed by atoms with Gasteiger partial charge in [0, 0.05) is 12.2 Å². The van der Waals surface area contributed by atoms with Crippen LogP contribution in [0.2, 0.25) is 0 Å². The molecule has 1 aliphatic rings. The summed E-state index contributed by atoms with van der Waals surface area (Å²) in [6.07, 6.45) is 1.02. The summed E-state index contributed by atoms with van der Waals surface area (Å²) >= 11 is 0. The molecule has 0 spiro atoms. The highest BCUT2D eigenvalue weighted by atomic mass is 32.2. The number of rotatable bonds is 3. The largest absolute Gasteiger partial charge is 0.480 e. The van der Waals surface area contributed by atoms with E-state index in [0.717, 1.165) is 6.26 Å². The number of aliphatic carboxylic acids is 1. The van der Waals surface area contributed by atoms with E-state index < -0.39 is 32.5 Å². The number of nitrogens with two attached hydrogens (primary N) is 1. The Bertz CT molecular complexity index is 554. The molecule has 0 radical (unpaired) electrons. The molecule has 0 bridgehead atoms. The van der Waals surface area contributed by atoms with Crippen molar-refractivity contribution in [3.63, 3.8) is 0 Å². The summed E-state index contributed by atoms with van der Waals surface area (Å²) in [6.45, 7) is 0. The van der Waals surface area contributed by atoms with Crippen LogP contribution >= 0.6 is 0 Å². The second-order valence-corrected chi connectivity index (χ2v) is 6.54. The van der Waals surface area contributed by atoms with Gasteiger partial charge in [0.05, 0.1) is 5.25 Å². The molecule has 1 aromatic rings. The summed E-state index contributed by atoms with van der Waals surface area (Å²) < 4.78 is 23.1. The van der Waals surface area contributed by atoms with E-state index in [0.29, 0.717) is 5.56 Å². The lowest BCUT2D eigenvalue weighted by Crippen LogP contribution is -2.39. The summed E-state index contributed by atoms with van der Waals surface area (Å²) in [5.74, 6) is -1.95. The van der Waals surface area contributed by atoms with Gasteiger partial charge in [0.2, 0.25) is 0 Å². The molecular weight excluding hydrogens is 242 g/mol. The van der Waals surface area contributed by atoms with E-state index in [9.17, 15) is 13.2 Å². The molecule has 0 amide bonds. The zero-order chi connectivity index (χ0) is 12.8. The van der Waals surface area contributed by atoms with E-state index in [1.54, 1.807) is 30.3 Å². The summed E-state index contributed by atoms with van der Waals surface area (Å²) in [5.41, 5.74) is 4.66. The maximum absolute atomic E-state index is 11.6. The van der Waals surface area contributed by atoms with Gasteiger partial charge in [-0.3, -0.25) is 4.79 Å². The van der Waals surface area contributed by atoms with Gasteiger partial charge >= 0.3 is 5.97 Å². The minimum absolute atomic E-state index is 0.646. The van der Waals surface area contributed by atoms with Crippen molar-refractivity contribution in [1.82, 2.24) is 0 Å². The molecule has 2 rings (SSSR count). The van der Waals surface area contributed by atoms with Crippen LogP contribution in [0.4, 0.5) is 0 Å². The Hall–Kier alpha value is -1.40. The first-order chi connectivity index (χ1) is 7.79. The molecule has 3 N–H and O–H groups in total. The van der Waals surface area contributed by atoms with E-state index in [-0.39, 0.29) is 0 Å². The Morgan fingerprint density at radius 3 is 2.24 bits per heavy atom. The van der Waals surface area contributed by atoms with Crippen LogP contribution in [0.1, 0.15) is 11.5 Å². The van der Waals surface area contributed by atoms with Crippen LogP contribution in [0.25, 0.3) is 0 Å². The zero-order valence-electron chi connectivity index (χ0n) is 9.20. The minimum Gasteiger partial charge on any atom is -0.480 e. The van der Waals surface area contributed by atoms with Gasteiger partial charge in [-0.15, -0.1) is 0 Å². The quantitative estimate of drug-likeness (QED) is 0.791. The molecule has 92 valence electrons. The smallest absolute Gasteiger partial charge is 0.325 e. The monoisotopic (exact) mass is 255 g/mol. The van der Waals surface area contributed by atoms with Gasteiger partial charge in [0.15, 0.2) is 9.84 Å². The highest BCUT2D eigenvalue weighted by molar-refractivity contribution is 7.91. The average Bonchev–Trinajstić information content (AvgIpc) is 2.88. The van der Waals surface area contributed by atoms with Crippen molar-refractivity contribution in [2.45, 2.75) is 16.7 Å². The number of benzene rings is 1. The normalized spacial score (nSPS) is 32.1. The van der Waals surface area contributed by atoms with Gasteiger partial charge < -0.3 is 10.8 Å². The van der Waals surface area contributed by atoms with Crippen molar-refractivity contribution < 1.29 is 18.3 Å². The van der Waals surface area contributed by atoms with Gasteiger partial charge in [-0.05, 0) is 5.56 Å². The predicted molar refractivity (Wildman–Crippen MR) is 62.4 cm³/mol. The van der Waals surface area contributed by atoms with E-state index in [1.165, 1.54) is 0 Å². The summed E-state index contributed by atoms with van der Waals surface area (Å²) in [7, 11) is -3.49. The summed E-state index contributed by atoms with van der Waals surface area (Å²) in [5, 5.41) is 8.04. The van der Waals surface area contributed by atoms with Crippen LogP contribution in [0.5, 0.6) is 0 Å². The maximum Gasteiger partial charge on any atom is 0.325 e. The van der Waals surface area contributed by atoms with E-state index in [1.807, 2.05) is 0 Å². The fraction of sp³-hybridized carbons (Fsp3) is 0.364. The molecule has 0 unspecified atom stereocenters. The molecule has 1 saturated carbocycles. The Balaban J connectivity index is 2.46. The van der Waals surface area contributed by atoms with E-state index in [4.69, 9.17) is 10.8 Å². The Morgan fingerprint density at radius 2 is 1.88 bits per heavy atom. The van der Waals surface area contributed by atoms with Crippen molar-refractivity contribution in [1.29, 1.82) is 0 Å². The van der Waals surface area contributed by atoms with E-state index in [2.05, 4.69) is 0 Å². The molecule has 0 aliphatic heterocycles. The number of carboxylic acid groups (broad SMARTS) is 1. The molecule has 3 atom stereocenters. The highest BCUT2D eigenvalue weighted by Crippen LogP contribution is 2.53. The average molecular weight is 255 g/mol. The predicted octanol–water partition coefficient (Wildman–Crippen LogP) is -0.0209. The third-order valence-corrected chi connectivity index (χ3v) is 4.75. The second-order valence-electron chi connectivity index (χ2n) is 4.38. The van der Waals surface area contributed by atoms with Crippen molar-refractivity contribution in [3.8, 4) is 0 Å². The number of sulfone groups is 1. The molecule has 1 fully saturated rings. The van der Waals surface area contributed by atoms with Gasteiger partial charge in [0.25, 0.3) is 0 Å². The molecule has 0 heterocycles. The Labute approximate surface area is 99.2 Å². The van der Waals surface area contributed by atoms with Crippen LogP contribution < -0.4 is 5.73 Å². The van der Waals surface area contributed by atoms with Gasteiger partial charge in [-0.1, -0.05) is 30.3 Å². The van der Waals surface area contributed by atoms with Crippen LogP contribution in [0.15, 0.2) is 30.3 Å². The lowest BCUT2D eigenvalue weighted by Gasteiger charge is -2.04. The van der Waals surface area contributed by atoms with Crippen molar-refractivity contribution in [2.24, 2.45) is 5.73 Å². The second kappa shape index (κ2) is 3.54. The number of hydrogen-bond acceptors (Lipinski definition) is 4. The molecule has 0 saturated heterocycles. The SMILES string of the molecule is CS(=O)(=O)[C@H]1[C@H](c2ccccc2)[C@@]1(N)C(=O)O. The maximum atomic E-state index is 11.6. The molecule has 5 nitrogen and oxygen atoms in total. The lowest BCUT2D eigenvalue weighted by molar-refractivity contribution is -0.139. The van der Waals surface area contributed by atoms with Gasteiger partial charge in [-0.25, -0.2) is 8.42 Å². The van der Waals surface area contributed by atoms with Gasteiger partial charge in [0.1, 0.15) is 5.54 Å². The third kappa shape index (κ3) is 1.73. The number of carboxylic acids is 1. The number of carbonyl (C=O) groups is 1. The molecule has 17 heavy (non-hydrogen) atoms. The standard InChI is InChI=1S/C11H13NO4S/c1-17(15,16)9-8(11(9,12)10(13)14)7-5-3-2-4-6-7/h2-6,8-9H,12H2,1H3,(H,13,14)/t8-,9-,11-/m0/s1. The summed E-state index contributed by atoms with van der Waals surface area (Å²) in [4.78, 5) is 11.1. The zero-order valence-corrected chi connectivity index (χ0v) is 10.0. The summed E-state index contributed by atoms with van der Waals surface area (Å²) in [6, 6.07) is 8.63. The first-order valence-corrected chi connectivity index (χ1v) is 7.01. The van der Waals surface area contributed by atoms with Crippen LogP contribution in [-0.4, -0.2) is 36.5 Å². The van der Waals surface area contributed by atoms with Crippen LogP contribution in [-0.2, 0) is 14.6 Å². The fourth-order valence-electron chi connectivity index (χ4n) is 2.34. The topological polar surface area (TPSA) is 97.5 Å². The molecule has 0 aromatic heterocycles. The van der Waals surface area contributed by atoms with Crippen LogP contribution in [0.3, 0.4) is 0 Å². The molecular formula is C11H13NO4S. The fourth-order valence-corrected chi connectivity index (χ4v) is 4.10. The minimum atomic E-state index is -3.49. The first-order valence-electron chi connectivity index (χ1n) is 5.05. The van der Waals surface area contributed by atoms with Crippen molar-refractivity contribution >= 4 is 15.8 Å². The van der Waals surface area contributed by atoms with Crippen molar-refractivity contribution in [3.05, 3.63) is 35.9 Å². The van der Waals surface area contributed by atoms with Crippen LogP contribution in [0, 0.1) is 0 Å². The Kier molecular flexibility index (Phi) is 2.52. The van der Waals surface area contributed by atoms with Gasteiger partial charge in [-0.2, -0.15) is 0 Å². The third-order valence-electron chi connectivity index (χ3n) is 3.17. The molecule has 1 aromatic carbocycles. The molecule has 6 heteroatoms. The number of hydrogen-bond donors (Lipinski definition) is 2. The Morgan fingerprint density at radius 1 is 1.35 bits per heavy atom. The highest BCUT2D eigenvalue weighted by Gasteiger charge is 2.73. The lowest BCUT2D eigenvalue weighted by atomic mass is 10.1. The van der Waals surface area contributed by atoms with E-state index >= 15 is 0 Å². The van der Waals surface area contributed by atoms with Crippen molar-refractivity contribution in [2.75, 3.05) is 6.26 Å². The molecule has 1 aliphatic carbocycles.